The van der Waals surface area contributed by atoms with Crippen LogP contribution in [0.1, 0.15) is 5.76 Å². The van der Waals surface area contributed by atoms with Gasteiger partial charge in [-0.3, -0.25) is 15.5 Å². The summed E-state index contributed by atoms with van der Waals surface area (Å²) in [6.45, 7) is 0. The van der Waals surface area contributed by atoms with Gasteiger partial charge in [-0.2, -0.15) is 5.10 Å². The topological polar surface area (TPSA) is 80.7 Å². The van der Waals surface area contributed by atoms with Crippen LogP contribution in [0.4, 0.5) is 15.8 Å². The summed E-state index contributed by atoms with van der Waals surface area (Å²) in [5.74, 6) is 0.000711. The Morgan fingerprint density at radius 1 is 1.12 bits per heavy atom. The van der Waals surface area contributed by atoms with Crippen LogP contribution >= 0.6 is 0 Å². The summed E-state index contributed by atoms with van der Waals surface area (Å²) < 4.78 is 18.7. The number of benzene rings is 2. The van der Waals surface area contributed by atoms with Crippen LogP contribution in [-0.4, -0.2) is 11.1 Å². The first-order valence-corrected chi connectivity index (χ1v) is 7.02. The van der Waals surface area contributed by atoms with E-state index in [1.54, 1.807) is 12.1 Å². The second-order valence-corrected chi connectivity index (χ2v) is 4.86. The second-order valence-electron chi connectivity index (χ2n) is 4.86. The Labute approximate surface area is 136 Å². The van der Waals surface area contributed by atoms with E-state index < -0.39 is 10.7 Å². The molecule has 0 saturated carbocycles. The van der Waals surface area contributed by atoms with Crippen molar-refractivity contribution >= 4 is 17.6 Å². The van der Waals surface area contributed by atoms with Gasteiger partial charge in [0.15, 0.2) is 0 Å². The molecule has 24 heavy (non-hydrogen) atoms. The Bertz CT molecular complexity index is 891. The van der Waals surface area contributed by atoms with Crippen molar-refractivity contribution in [1.82, 2.24) is 0 Å². The summed E-state index contributed by atoms with van der Waals surface area (Å²) in [6, 6.07) is 15.9. The number of hydrazone groups is 1. The zero-order chi connectivity index (χ0) is 16.9. The first-order chi connectivity index (χ1) is 11.6. The fourth-order valence-electron chi connectivity index (χ4n) is 2.11. The third-order valence-electron chi connectivity index (χ3n) is 3.21. The summed E-state index contributed by atoms with van der Waals surface area (Å²) in [7, 11) is 0. The van der Waals surface area contributed by atoms with Gasteiger partial charge in [0, 0.05) is 0 Å². The second kappa shape index (κ2) is 6.74. The molecule has 7 heteroatoms. The van der Waals surface area contributed by atoms with Crippen molar-refractivity contribution < 1.29 is 13.7 Å². The maximum Gasteiger partial charge on any atom is 0.283 e. The maximum atomic E-state index is 13.2. The van der Waals surface area contributed by atoms with E-state index in [1.165, 1.54) is 12.3 Å². The zero-order valence-electron chi connectivity index (χ0n) is 12.3. The van der Waals surface area contributed by atoms with Gasteiger partial charge in [-0.1, -0.05) is 18.2 Å². The molecule has 0 aliphatic carbocycles. The van der Waals surface area contributed by atoms with Crippen LogP contribution in [0.5, 0.6) is 0 Å². The standard InChI is InChI=1S/C17H12FN3O3/c18-12-6-8-15(16(10-12)21(22)23)17-9-7-14(24-17)11-19-20-13-4-2-1-3-5-13/h1-11,20H/b19-11-. The van der Waals surface area contributed by atoms with E-state index in [0.717, 1.165) is 17.8 Å². The molecule has 1 heterocycles. The molecule has 0 bridgehead atoms. The molecule has 0 atom stereocenters. The Balaban J connectivity index is 1.80. The minimum atomic E-state index is -0.675. The van der Waals surface area contributed by atoms with E-state index in [1.807, 2.05) is 30.3 Å². The molecule has 0 unspecified atom stereocenters. The first kappa shape index (κ1) is 15.4. The molecule has 0 amide bonds. The Kier molecular flexibility index (Phi) is 4.33. The highest BCUT2D eigenvalue weighted by Gasteiger charge is 2.18. The normalized spacial score (nSPS) is 10.9. The van der Waals surface area contributed by atoms with Crippen LogP contribution in [0.3, 0.4) is 0 Å². The van der Waals surface area contributed by atoms with Gasteiger partial charge < -0.3 is 4.42 Å². The molecule has 1 aromatic heterocycles. The number of halogens is 1. The smallest absolute Gasteiger partial charge is 0.283 e. The van der Waals surface area contributed by atoms with E-state index in [0.29, 0.717) is 5.76 Å². The monoisotopic (exact) mass is 325 g/mol. The molecule has 0 aliphatic heterocycles. The van der Waals surface area contributed by atoms with Crippen LogP contribution in [0, 0.1) is 15.9 Å². The summed E-state index contributed by atoms with van der Waals surface area (Å²) in [4.78, 5) is 10.4. The highest BCUT2D eigenvalue weighted by Crippen LogP contribution is 2.31. The molecular weight excluding hydrogens is 313 g/mol. The third kappa shape index (κ3) is 3.46. The van der Waals surface area contributed by atoms with Crippen LogP contribution in [0.25, 0.3) is 11.3 Å². The third-order valence-corrected chi connectivity index (χ3v) is 3.21. The Morgan fingerprint density at radius 3 is 2.67 bits per heavy atom. The highest BCUT2D eigenvalue weighted by atomic mass is 19.1. The summed E-state index contributed by atoms with van der Waals surface area (Å²) in [5.41, 5.74) is 3.50. The molecule has 6 nitrogen and oxygen atoms in total. The number of nitrogens with one attached hydrogen (secondary N) is 1. The van der Waals surface area contributed by atoms with Gasteiger partial charge in [0.2, 0.25) is 0 Å². The lowest BCUT2D eigenvalue weighted by molar-refractivity contribution is -0.384. The van der Waals surface area contributed by atoms with E-state index in [4.69, 9.17) is 4.42 Å². The molecule has 0 radical (unpaired) electrons. The molecule has 0 spiro atoms. The molecule has 3 aromatic rings. The van der Waals surface area contributed by atoms with Crippen molar-refractivity contribution in [3.8, 4) is 11.3 Å². The first-order valence-electron chi connectivity index (χ1n) is 7.02. The van der Waals surface area contributed by atoms with Crippen LogP contribution in [0.15, 0.2) is 70.2 Å². The Hall–Kier alpha value is -3.48. The van der Waals surface area contributed by atoms with E-state index in [2.05, 4.69) is 10.5 Å². The molecule has 3 rings (SSSR count). The fourth-order valence-corrected chi connectivity index (χ4v) is 2.11. The summed E-state index contributed by atoms with van der Waals surface area (Å²) in [5, 5.41) is 15.1. The van der Waals surface area contributed by atoms with Gasteiger partial charge in [-0.25, -0.2) is 4.39 Å². The predicted molar refractivity (Wildman–Crippen MR) is 88.4 cm³/mol. The van der Waals surface area contributed by atoms with Gasteiger partial charge in [0.25, 0.3) is 5.69 Å². The number of hydrogen-bond donors (Lipinski definition) is 1. The predicted octanol–water partition coefficient (Wildman–Crippen LogP) is 4.44. The molecule has 0 aliphatic rings. The lowest BCUT2D eigenvalue weighted by atomic mass is 10.1. The van der Waals surface area contributed by atoms with Gasteiger partial charge >= 0.3 is 0 Å². The van der Waals surface area contributed by atoms with Crippen molar-refractivity contribution in [3.05, 3.63) is 82.4 Å². The lowest BCUT2D eigenvalue weighted by Gasteiger charge is -2.00. The minimum absolute atomic E-state index is 0.206. The minimum Gasteiger partial charge on any atom is -0.455 e. The molecule has 1 N–H and O–H groups in total. The number of rotatable bonds is 5. The zero-order valence-corrected chi connectivity index (χ0v) is 12.3. The van der Waals surface area contributed by atoms with Gasteiger partial charge in [-0.15, -0.1) is 0 Å². The van der Waals surface area contributed by atoms with Crippen LogP contribution < -0.4 is 5.43 Å². The number of nitro benzene ring substituents is 1. The molecule has 120 valence electrons. The number of anilines is 1. The molecule has 2 aromatic carbocycles. The van der Waals surface area contributed by atoms with Crippen molar-refractivity contribution in [2.24, 2.45) is 5.10 Å². The van der Waals surface area contributed by atoms with Crippen LogP contribution in [0.2, 0.25) is 0 Å². The van der Waals surface area contributed by atoms with E-state index >= 15 is 0 Å². The average Bonchev–Trinajstić information content (AvgIpc) is 3.04. The SMILES string of the molecule is O=[N+]([O-])c1cc(F)ccc1-c1ccc(/C=N\Nc2ccccc2)o1. The quantitative estimate of drug-likeness (QED) is 0.427. The van der Waals surface area contributed by atoms with Crippen molar-refractivity contribution in [1.29, 1.82) is 0 Å². The molecule has 0 saturated heterocycles. The summed E-state index contributed by atoms with van der Waals surface area (Å²) >= 11 is 0. The average molecular weight is 325 g/mol. The van der Waals surface area contributed by atoms with Gasteiger partial charge in [-0.05, 0) is 36.4 Å². The molecular formula is C17H12FN3O3. The number of furan rings is 1. The largest absolute Gasteiger partial charge is 0.455 e. The number of hydrogen-bond acceptors (Lipinski definition) is 5. The van der Waals surface area contributed by atoms with Crippen LogP contribution in [-0.2, 0) is 0 Å². The lowest BCUT2D eigenvalue weighted by Crippen LogP contribution is -1.92. The van der Waals surface area contributed by atoms with Crippen molar-refractivity contribution in [2.45, 2.75) is 0 Å². The van der Waals surface area contributed by atoms with Crippen molar-refractivity contribution in [2.75, 3.05) is 5.43 Å². The van der Waals surface area contributed by atoms with E-state index in [-0.39, 0.29) is 17.0 Å². The Morgan fingerprint density at radius 2 is 1.92 bits per heavy atom. The fraction of sp³-hybridized carbons (Fsp3) is 0. The number of nitro groups is 1. The number of nitrogens with zero attached hydrogens (tertiary/aromatic N) is 2. The highest BCUT2D eigenvalue weighted by molar-refractivity contribution is 5.79. The summed E-state index contributed by atoms with van der Waals surface area (Å²) in [6.07, 6.45) is 1.45. The van der Waals surface area contributed by atoms with E-state index in [9.17, 15) is 14.5 Å². The molecule has 0 fully saturated rings. The van der Waals surface area contributed by atoms with Crippen molar-refractivity contribution in [3.63, 3.8) is 0 Å². The number of para-hydroxylation sites is 1. The maximum absolute atomic E-state index is 13.2. The van der Waals surface area contributed by atoms with Gasteiger partial charge in [0.05, 0.1) is 28.5 Å². The van der Waals surface area contributed by atoms with Gasteiger partial charge in [0.1, 0.15) is 17.3 Å².